The lowest BCUT2D eigenvalue weighted by Crippen LogP contribution is -2.01. The molecule has 0 unspecified atom stereocenters. The van der Waals surface area contributed by atoms with Crippen LogP contribution in [0.4, 0.5) is 0 Å². The molecule has 3 rings (SSSR count). The topological polar surface area (TPSA) is 65.2 Å². The summed E-state index contributed by atoms with van der Waals surface area (Å²) in [5, 5.41) is 15.9. The van der Waals surface area contributed by atoms with Crippen molar-refractivity contribution in [2.75, 3.05) is 0 Å². The number of aromatic amines is 1. The third-order valence-electron chi connectivity index (χ3n) is 2.40. The van der Waals surface area contributed by atoms with Crippen LogP contribution in [0.1, 0.15) is 5.69 Å². The van der Waals surface area contributed by atoms with Gasteiger partial charge in [0.05, 0.1) is 0 Å². The fraction of sp³-hybridized carbons (Fsp3) is 0.200. The number of rotatable bonds is 2. The Balaban J connectivity index is 1.91. The molecule has 0 spiro atoms. The molecule has 1 aromatic heterocycles. The molecule has 0 radical (unpaired) electrons. The summed E-state index contributed by atoms with van der Waals surface area (Å²) in [6, 6.07) is 10.3. The predicted octanol–water partition coefficient (Wildman–Crippen LogP) is 2.87. The molecule has 2 heterocycles. The van der Waals surface area contributed by atoms with Crippen LogP contribution in [0, 0.1) is 0 Å². The summed E-state index contributed by atoms with van der Waals surface area (Å²) >= 11 is 0. The Bertz CT molecular complexity index is 494. The van der Waals surface area contributed by atoms with Gasteiger partial charge >= 0.3 is 0 Å². The van der Waals surface area contributed by atoms with Gasteiger partial charge in [-0.05, 0) is 28.0 Å². The molecule has 0 aliphatic carbocycles. The zero-order valence-corrected chi connectivity index (χ0v) is 7.96. The standard InChI is InChI=1S/C10H9N5/c1-2-4-9-7(3-1)5-8(11-9)6-10-12-14-15-13-10/h1-5,10-11H,6H2. The molecule has 5 heteroatoms. The summed E-state index contributed by atoms with van der Waals surface area (Å²) in [5.74, 6) is 0. The van der Waals surface area contributed by atoms with Crippen LogP contribution in [0.25, 0.3) is 10.9 Å². The molecule has 5 nitrogen and oxygen atoms in total. The average Bonchev–Trinajstić information content (AvgIpc) is 2.86. The highest BCUT2D eigenvalue weighted by molar-refractivity contribution is 5.80. The molecule has 0 amide bonds. The number of H-pyrrole nitrogens is 1. The van der Waals surface area contributed by atoms with E-state index in [1.807, 2.05) is 12.1 Å². The number of nitrogens with one attached hydrogen (secondary N) is 1. The van der Waals surface area contributed by atoms with Gasteiger partial charge in [0, 0.05) is 17.6 Å². The van der Waals surface area contributed by atoms with E-state index in [-0.39, 0.29) is 6.17 Å². The van der Waals surface area contributed by atoms with E-state index in [2.05, 4.69) is 43.9 Å². The number of para-hydroxylation sites is 1. The molecular formula is C10H9N5. The summed E-state index contributed by atoms with van der Waals surface area (Å²) < 4.78 is 0. The Morgan fingerprint density at radius 2 is 1.93 bits per heavy atom. The Labute approximate surface area is 85.9 Å². The minimum atomic E-state index is -0.155. The van der Waals surface area contributed by atoms with Crippen molar-refractivity contribution >= 4 is 10.9 Å². The van der Waals surface area contributed by atoms with Crippen molar-refractivity contribution in [3.05, 3.63) is 36.0 Å². The molecule has 1 aromatic carbocycles. The third kappa shape index (κ3) is 1.52. The lowest BCUT2D eigenvalue weighted by molar-refractivity contribution is 0.688. The number of hydrogen-bond acceptors (Lipinski definition) is 4. The Morgan fingerprint density at radius 1 is 1.13 bits per heavy atom. The molecule has 0 saturated carbocycles. The van der Waals surface area contributed by atoms with Gasteiger partial charge in [-0.1, -0.05) is 18.2 Å². The van der Waals surface area contributed by atoms with Crippen LogP contribution in [0.5, 0.6) is 0 Å². The minimum Gasteiger partial charge on any atom is -0.358 e. The van der Waals surface area contributed by atoms with E-state index >= 15 is 0 Å². The summed E-state index contributed by atoms with van der Waals surface area (Å²) in [7, 11) is 0. The number of benzene rings is 1. The third-order valence-corrected chi connectivity index (χ3v) is 2.40. The highest BCUT2D eigenvalue weighted by Gasteiger charge is 2.11. The van der Waals surface area contributed by atoms with Crippen LogP contribution in [-0.4, -0.2) is 11.1 Å². The predicted molar refractivity (Wildman–Crippen MR) is 55.5 cm³/mol. The molecule has 74 valence electrons. The lowest BCUT2D eigenvalue weighted by Gasteiger charge is -1.96. The molecule has 2 aromatic rings. The maximum Gasteiger partial charge on any atom is 0.190 e. The first-order chi connectivity index (χ1) is 7.42. The van der Waals surface area contributed by atoms with E-state index in [1.54, 1.807) is 0 Å². The van der Waals surface area contributed by atoms with Gasteiger partial charge < -0.3 is 4.98 Å². The van der Waals surface area contributed by atoms with Crippen LogP contribution in [-0.2, 0) is 6.42 Å². The molecule has 1 aliphatic rings. The summed E-state index contributed by atoms with van der Waals surface area (Å²) in [6.45, 7) is 0. The zero-order chi connectivity index (χ0) is 10.1. The van der Waals surface area contributed by atoms with Crippen LogP contribution in [0.3, 0.4) is 0 Å². The largest absolute Gasteiger partial charge is 0.358 e. The van der Waals surface area contributed by atoms with Crippen LogP contribution in [0.2, 0.25) is 0 Å². The van der Waals surface area contributed by atoms with E-state index < -0.39 is 0 Å². The first-order valence-electron chi connectivity index (χ1n) is 4.78. The van der Waals surface area contributed by atoms with Gasteiger partial charge in [0.1, 0.15) is 0 Å². The number of aromatic nitrogens is 1. The fourth-order valence-electron chi connectivity index (χ4n) is 1.71. The first kappa shape index (κ1) is 8.28. The second kappa shape index (κ2) is 3.27. The normalized spacial score (nSPS) is 15.5. The van der Waals surface area contributed by atoms with Crippen molar-refractivity contribution in [2.24, 2.45) is 20.7 Å². The number of fused-ring (bicyclic) bond motifs is 1. The Morgan fingerprint density at radius 3 is 2.73 bits per heavy atom. The summed E-state index contributed by atoms with van der Waals surface area (Å²) in [5.41, 5.74) is 2.25. The Kier molecular flexibility index (Phi) is 1.81. The lowest BCUT2D eigenvalue weighted by atomic mass is 10.2. The number of hydrogen-bond donors (Lipinski definition) is 1. The van der Waals surface area contributed by atoms with Gasteiger partial charge in [-0.15, -0.1) is 10.2 Å². The van der Waals surface area contributed by atoms with Gasteiger partial charge in [0.2, 0.25) is 0 Å². The monoisotopic (exact) mass is 199 g/mol. The van der Waals surface area contributed by atoms with Crippen molar-refractivity contribution in [1.82, 2.24) is 4.98 Å². The Hall–Kier alpha value is -2.04. The average molecular weight is 199 g/mol. The maximum atomic E-state index is 3.87. The quantitative estimate of drug-likeness (QED) is 0.772. The van der Waals surface area contributed by atoms with Crippen molar-refractivity contribution in [3.63, 3.8) is 0 Å². The van der Waals surface area contributed by atoms with Gasteiger partial charge in [-0.3, -0.25) is 0 Å². The van der Waals surface area contributed by atoms with Crippen LogP contribution in [0.15, 0.2) is 51.0 Å². The van der Waals surface area contributed by atoms with Gasteiger partial charge in [-0.25, -0.2) is 0 Å². The molecule has 0 bridgehead atoms. The SMILES string of the molecule is c1ccc2[nH]c(CC3N=NN=N3)cc2c1. The molecule has 0 saturated heterocycles. The van der Waals surface area contributed by atoms with Gasteiger partial charge in [0.15, 0.2) is 6.17 Å². The van der Waals surface area contributed by atoms with Gasteiger partial charge in [0.25, 0.3) is 0 Å². The van der Waals surface area contributed by atoms with E-state index in [4.69, 9.17) is 0 Å². The van der Waals surface area contributed by atoms with E-state index in [9.17, 15) is 0 Å². The second-order valence-electron chi connectivity index (χ2n) is 3.48. The second-order valence-corrected chi connectivity index (χ2v) is 3.48. The zero-order valence-electron chi connectivity index (χ0n) is 7.96. The molecule has 1 N–H and O–H groups in total. The summed E-state index contributed by atoms with van der Waals surface area (Å²) in [4.78, 5) is 3.32. The van der Waals surface area contributed by atoms with Crippen molar-refractivity contribution in [3.8, 4) is 0 Å². The van der Waals surface area contributed by atoms with Crippen molar-refractivity contribution in [2.45, 2.75) is 12.6 Å². The van der Waals surface area contributed by atoms with Crippen LogP contribution < -0.4 is 0 Å². The van der Waals surface area contributed by atoms with Crippen molar-refractivity contribution < 1.29 is 0 Å². The number of nitrogens with zero attached hydrogens (tertiary/aromatic N) is 4. The molecule has 0 atom stereocenters. The minimum absolute atomic E-state index is 0.155. The molecule has 15 heavy (non-hydrogen) atoms. The summed E-state index contributed by atoms with van der Waals surface area (Å²) in [6.07, 6.45) is 0.569. The van der Waals surface area contributed by atoms with E-state index in [0.29, 0.717) is 0 Å². The van der Waals surface area contributed by atoms with Gasteiger partial charge in [-0.2, -0.15) is 0 Å². The molecular weight excluding hydrogens is 190 g/mol. The smallest absolute Gasteiger partial charge is 0.190 e. The maximum absolute atomic E-state index is 3.87. The van der Waals surface area contributed by atoms with Crippen LogP contribution >= 0.6 is 0 Å². The van der Waals surface area contributed by atoms with Crippen molar-refractivity contribution in [1.29, 1.82) is 0 Å². The highest BCUT2D eigenvalue weighted by atomic mass is 15.6. The molecule has 0 fully saturated rings. The molecule has 1 aliphatic heterocycles. The first-order valence-corrected chi connectivity index (χ1v) is 4.78. The van der Waals surface area contributed by atoms with E-state index in [0.717, 1.165) is 17.6 Å². The highest BCUT2D eigenvalue weighted by Crippen LogP contribution is 2.18. The van der Waals surface area contributed by atoms with E-state index in [1.165, 1.54) is 5.39 Å². The fourth-order valence-corrected chi connectivity index (χ4v) is 1.71.